The molecule has 0 unspecified atom stereocenters. The number of nitrogens with one attached hydrogen (secondary N) is 1. The van der Waals surface area contributed by atoms with E-state index in [1.54, 1.807) is 6.20 Å². The maximum atomic E-state index is 11.9. The Bertz CT molecular complexity index is 555. The van der Waals surface area contributed by atoms with Gasteiger partial charge in [0.1, 0.15) is 0 Å². The first-order valence-corrected chi connectivity index (χ1v) is 6.67. The van der Waals surface area contributed by atoms with Crippen molar-refractivity contribution < 1.29 is 9.90 Å². The van der Waals surface area contributed by atoms with Crippen LogP contribution in [0, 0.1) is 0 Å². The summed E-state index contributed by atoms with van der Waals surface area (Å²) >= 11 is 0. The number of aryl methyl sites for hydroxylation is 1. The predicted octanol–water partition coefficient (Wildman–Crippen LogP) is 2.19. The molecule has 1 aromatic heterocycles. The van der Waals surface area contributed by atoms with Crippen LogP contribution in [0.15, 0.2) is 48.7 Å². The molecule has 0 spiro atoms. The van der Waals surface area contributed by atoms with Crippen LogP contribution in [0.1, 0.15) is 17.7 Å². The van der Waals surface area contributed by atoms with Crippen LogP contribution in [0.3, 0.4) is 0 Å². The second kappa shape index (κ2) is 7.40. The zero-order valence-corrected chi connectivity index (χ0v) is 11.2. The zero-order valence-electron chi connectivity index (χ0n) is 11.2. The molecular weight excluding hydrogens is 252 g/mol. The third-order valence-electron chi connectivity index (χ3n) is 2.90. The van der Waals surface area contributed by atoms with Crippen molar-refractivity contribution in [1.82, 2.24) is 4.98 Å². The van der Waals surface area contributed by atoms with Gasteiger partial charge < -0.3 is 10.4 Å². The van der Waals surface area contributed by atoms with Crippen LogP contribution < -0.4 is 5.32 Å². The number of amides is 1. The highest BCUT2D eigenvalue weighted by molar-refractivity contribution is 5.92. The van der Waals surface area contributed by atoms with Gasteiger partial charge in [-0.05, 0) is 42.7 Å². The first-order valence-electron chi connectivity index (χ1n) is 6.67. The van der Waals surface area contributed by atoms with Gasteiger partial charge in [-0.2, -0.15) is 0 Å². The van der Waals surface area contributed by atoms with Crippen LogP contribution in [0.4, 0.5) is 5.69 Å². The van der Waals surface area contributed by atoms with E-state index >= 15 is 0 Å². The summed E-state index contributed by atoms with van der Waals surface area (Å²) < 4.78 is 0. The third-order valence-corrected chi connectivity index (χ3v) is 2.90. The molecule has 1 heterocycles. The van der Waals surface area contributed by atoms with Crippen molar-refractivity contribution in [3.63, 3.8) is 0 Å². The Morgan fingerprint density at radius 1 is 1.20 bits per heavy atom. The predicted molar refractivity (Wildman–Crippen MR) is 78.4 cm³/mol. The quantitative estimate of drug-likeness (QED) is 0.845. The molecule has 0 saturated carbocycles. The summed E-state index contributed by atoms with van der Waals surface area (Å²) in [4.78, 5) is 16.0. The van der Waals surface area contributed by atoms with E-state index < -0.39 is 0 Å². The van der Waals surface area contributed by atoms with Crippen LogP contribution in [-0.4, -0.2) is 22.6 Å². The number of rotatable bonds is 6. The fourth-order valence-electron chi connectivity index (χ4n) is 1.96. The Kier molecular flexibility index (Phi) is 5.26. The van der Waals surface area contributed by atoms with Crippen molar-refractivity contribution >= 4 is 11.6 Å². The molecular formula is C16H18N2O2. The number of hydrogen-bond donors (Lipinski definition) is 2. The number of benzene rings is 1. The summed E-state index contributed by atoms with van der Waals surface area (Å²) in [5.41, 5.74) is 2.64. The monoisotopic (exact) mass is 270 g/mol. The van der Waals surface area contributed by atoms with E-state index in [1.165, 1.54) is 0 Å². The topological polar surface area (TPSA) is 62.2 Å². The Morgan fingerprint density at radius 2 is 2.10 bits per heavy atom. The summed E-state index contributed by atoms with van der Waals surface area (Å²) in [5, 5.41) is 11.7. The highest BCUT2D eigenvalue weighted by Crippen LogP contribution is 2.12. The van der Waals surface area contributed by atoms with Crippen LogP contribution >= 0.6 is 0 Å². The standard InChI is InChI=1S/C16H18N2O2/c19-10-4-6-13-5-3-8-15(11-13)18-16(20)12-14-7-1-2-9-17-14/h1-3,5,7-9,11,19H,4,6,10,12H2,(H,18,20). The molecule has 0 atom stereocenters. The second-order valence-corrected chi connectivity index (χ2v) is 4.57. The molecule has 2 rings (SSSR count). The number of pyridine rings is 1. The molecule has 0 fully saturated rings. The minimum atomic E-state index is -0.0805. The normalized spacial score (nSPS) is 10.2. The molecule has 1 amide bonds. The highest BCUT2D eigenvalue weighted by Gasteiger charge is 2.05. The molecule has 4 heteroatoms. The number of carbonyl (C=O) groups is 1. The van der Waals surface area contributed by atoms with Gasteiger partial charge >= 0.3 is 0 Å². The van der Waals surface area contributed by atoms with Crippen LogP contribution in [-0.2, 0) is 17.6 Å². The third kappa shape index (κ3) is 4.48. The Labute approximate surface area is 118 Å². The number of anilines is 1. The molecule has 104 valence electrons. The Balaban J connectivity index is 1.94. The molecule has 0 aliphatic heterocycles. The van der Waals surface area contributed by atoms with Crippen molar-refractivity contribution in [2.75, 3.05) is 11.9 Å². The number of aliphatic hydroxyl groups is 1. The molecule has 2 N–H and O–H groups in total. The maximum absolute atomic E-state index is 11.9. The smallest absolute Gasteiger partial charge is 0.230 e. The van der Waals surface area contributed by atoms with Gasteiger partial charge in [0.2, 0.25) is 5.91 Å². The largest absolute Gasteiger partial charge is 0.396 e. The molecule has 0 aliphatic carbocycles. The van der Waals surface area contributed by atoms with Gasteiger partial charge in [0, 0.05) is 24.2 Å². The van der Waals surface area contributed by atoms with Gasteiger partial charge in [-0.15, -0.1) is 0 Å². The molecule has 1 aromatic carbocycles. The molecule has 0 bridgehead atoms. The average molecular weight is 270 g/mol. The number of aromatic nitrogens is 1. The second-order valence-electron chi connectivity index (χ2n) is 4.57. The summed E-state index contributed by atoms with van der Waals surface area (Å²) in [6.45, 7) is 0.177. The van der Waals surface area contributed by atoms with Gasteiger partial charge in [0.05, 0.1) is 6.42 Å². The average Bonchev–Trinajstić information content (AvgIpc) is 2.46. The lowest BCUT2D eigenvalue weighted by Crippen LogP contribution is -2.15. The summed E-state index contributed by atoms with van der Waals surface area (Å²) in [7, 11) is 0. The lowest BCUT2D eigenvalue weighted by Gasteiger charge is -2.07. The van der Waals surface area contributed by atoms with Gasteiger partial charge in [0.25, 0.3) is 0 Å². The van der Waals surface area contributed by atoms with E-state index in [0.29, 0.717) is 0 Å². The number of carbonyl (C=O) groups excluding carboxylic acids is 1. The molecule has 0 aliphatic rings. The van der Waals surface area contributed by atoms with Crippen molar-refractivity contribution in [1.29, 1.82) is 0 Å². The van der Waals surface area contributed by atoms with Gasteiger partial charge in [0.15, 0.2) is 0 Å². The van der Waals surface area contributed by atoms with Crippen molar-refractivity contribution in [3.05, 3.63) is 59.9 Å². The highest BCUT2D eigenvalue weighted by atomic mass is 16.2. The van der Waals surface area contributed by atoms with Crippen LogP contribution in [0.25, 0.3) is 0 Å². The maximum Gasteiger partial charge on any atom is 0.230 e. The SMILES string of the molecule is O=C(Cc1ccccn1)Nc1cccc(CCCO)c1. The summed E-state index contributed by atoms with van der Waals surface area (Å²) in [5.74, 6) is -0.0805. The minimum absolute atomic E-state index is 0.0805. The molecule has 2 aromatic rings. The molecule has 20 heavy (non-hydrogen) atoms. The molecule has 0 radical (unpaired) electrons. The van der Waals surface area contributed by atoms with Gasteiger partial charge in [-0.25, -0.2) is 0 Å². The van der Waals surface area contributed by atoms with E-state index in [9.17, 15) is 4.79 Å². The Morgan fingerprint density at radius 3 is 2.85 bits per heavy atom. The Hall–Kier alpha value is -2.20. The molecule has 4 nitrogen and oxygen atoms in total. The lowest BCUT2D eigenvalue weighted by molar-refractivity contribution is -0.115. The summed E-state index contributed by atoms with van der Waals surface area (Å²) in [6, 6.07) is 13.2. The lowest BCUT2D eigenvalue weighted by atomic mass is 10.1. The van der Waals surface area contributed by atoms with E-state index in [-0.39, 0.29) is 18.9 Å². The first-order chi connectivity index (χ1) is 9.78. The van der Waals surface area contributed by atoms with E-state index in [2.05, 4.69) is 10.3 Å². The minimum Gasteiger partial charge on any atom is -0.396 e. The summed E-state index contributed by atoms with van der Waals surface area (Å²) in [6.07, 6.45) is 3.48. The van der Waals surface area contributed by atoms with Crippen molar-refractivity contribution in [2.24, 2.45) is 0 Å². The molecule has 0 saturated heterocycles. The van der Waals surface area contributed by atoms with Crippen LogP contribution in [0.2, 0.25) is 0 Å². The van der Waals surface area contributed by atoms with Crippen molar-refractivity contribution in [3.8, 4) is 0 Å². The van der Waals surface area contributed by atoms with Gasteiger partial charge in [-0.3, -0.25) is 9.78 Å². The van der Waals surface area contributed by atoms with E-state index in [0.717, 1.165) is 29.8 Å². The zero-order chi connectivity index (χ0) is 14.2. The first kappa shape index (κ1) is 14.2. The fourth-order valence-corrected chi connectivity index (χ4v) is 1.96. The van der Waals surface area contributed by atoms with Crippen molar-refractivity contribution in [2.45, 2.75) is 19.3 Å². The fraction of sp³-hybridized carbons (Fsp3) is 0.250. The van der Waals surface area contributed by atoms with E-state index in [4.69, 9.17) is 5.11 Å². The van der Waals surface area contributed by atoms with Crippen LogP contribution in [0.5, 0.6) is 0 Å². The number of nitrogens with zero attached hydrogens (tertiary/aromatic N) is 1. The van der Waals surface area contributed by atoms with Gasteiger partial charge in [-0.1, -0.05) is 18.2 Å². The number of aliphatic hydroxyl groups excluding tert-OH is 1. The van der Waals surface area contributed by atoms with E-state index in [1.807, 2.05) is 42.5 Å². The number of hydrogen-bond acceptors (Lipinski definition) is 3.